The third-order valence-electron chi connectivity index (χ3n) is 4.40. The Morgan fingerprint density at radius 3 is 2.50 bits per heavy atom. The largest absolute Gasteiger partial charge is 0.416 e. The van der Waals surface area contributed by atoms with Crippen LogP contribution in [0.1, 0.15) is 36.9 Å². The number of rotatable bonds is 6. The molecule has 2 aromatic heterocycles. The van der Waals surface area contributed by atoms with Gasteiger partial charge in [-0.2, -0.15) is 22.9 Å². The number of aromatic nitrogens is 3. The monoisotopic (exact) mass is 440 g/mol. The quantitative estimate of drug-likeness (QED) is 0.619. The van der Waals surface area contributed by atoms with Crippen LogP contribution in [0.5, 0.6) is 0 Å². The van der Waals surface area contributed by atoms with Gasteiger partial charge in [0.15, 0.2) is 0 Å². The molecule has 0 saturated carbocycles. The Kier molecular flexibility index (Phi) is 5.95. The maximum atomic E-state index is 13.2. The van der Waals surface area contributed by atoms with E-state index >= 15 is 0 Å². The van der Waals surface area contributed by atoms with Gasteiger partial charge in [-0.05, 0) is 42.7 Å². The Balaban J connectivity index is 1.93. The van der Waals surface area contributed by atoms with Crippen LogP contribution in [0, 0.1) is 12.8 Å². The number of benzene rings is 1. The highest BCUT2D eigenvalue weighted by atomic mass is 32.2. The van der Waals surface area contributed by atoms with Crippen molar-refractivity contribution in [1.29, 1.82) is 0 Å². The highest BCUT2D eigenvalue weighted by Crippen LogP contribution is 2.34. The number of hydrogen-bond donors (Lipinski definition) is 1. The first-order valence-electron chi connectivity index (χ1n) is 8.93. The number of sulfonamides is 1. The zero-order chi connectivity index (χ0) is 22.1. The Morgan fingerprint density at radius 1 is 1.17 bits per heavy atom. The van der Waals surface area contributed by atoms with Gasteiger partial charge in [0.1, 0.15) is 6.04 Å². The molecular weight excluding hydrogens is 421 g/mol. The molecule has 30 heavy (non-hydrogen) atoms. The minimum atomic E-state index is -4.67. The molecule has 0 radical (unpaired) electrons. The van der Waals surface area contributed by atoms with Gasteiger partial charge < -0.3 is 4.52 Å². The fourth-order valence-corrected chi connectivity index (χ4v) is 4.12. The van der Waals surface area contributed by atoms with Crippen molar-refractivity contribution in [3.8, 4) is 11.4 Å². The second kappa shape index (κ2) is 8.15. The number of halogens is 3. The van der Waals surface area contributed by atoms with E-state index in [2.05, 4.69) is 19.8 Å². The lowest BCUT2D eigenvalue weighted by Gasteiger charge is -2.19. The smallest absolute Gasteiger partial charge is 0.337 e. The number of pyridine rings is 1. The number of alkyl halides is 3. The van der Waals surface area contributed by atoms with Crippen molar-refractivity contribution in [2.24, 2.45) is 5.92 Å². The van der Waals surface area contributed by atoms with Gasteiger partial charge in [-0.3, -0.25) is 4.98 Å². The van der Waals surface area contributed by atoms with Crippen LogP contribution in [0.15, 0.2) is 52.1 Å². The van der Waals surface area contributed by atoms with E-state index in [9.17, 15) is 21.6 Å². The number of nitrogens with zero attached hydrogens (tertiary/aromatic N) is 3. The second-order valence-corrected chi connectivity index (χ2v) is 8.73. The maximum Gasteiger partial charge on any atom is 0.416 e. The summed E-state index contributed by atoms with van der Waals surface area (Å²) in [5.41, 5.74) is -0.505. The molecule has 160 valence electrons. The summed E-state index contributed by atoms with van der Waals surface area (Å²) in [4.78, 5) is 7.68. The minimum Gasteiger partial charge on any atom is -0.337 e. The summed E-state index contributed by atoms with van der Waals surface area (Å²) >= 11 is 0. The van der Waals surface area contributed by atoms with Crippen LogP contribution in [0.4, 0.5) is 13.2 Å². The molecule has 0 amide bonds. The molecule has 1 aromatic carbocycles. The van der Waals surface area contributed by atoms with E-state index in [0.29, 0.717) is 11.6 Å². The SMILES string of the molecule is Cc1ccc(S(=O)(=O)NC(c2nc(-c3cccnc3)no2)C(C)C)cc1C(F)(F)F. The Labute approximate surface area is 171 Å². The topological polar surface area (TPSA) is 98.0 Å². The third-order valence-corrected chi connectivity index (χ3v) is 5.84. The molecule has 0 bridgehead atoms. The highest BCUT2D eigenvalue weighted by Gasteiger charge is 2.35. The average Bonchev–Trinajstić information content (AvgIpc) is 3.16. The van der Waals surface area contributed by atoms with Gasteiger partial charge in [-0.25, -0.2) is 8.42 Å². The van der Waals surface area contributed by atoms with Gasteiger partial charge in [-0.15, -0.1) is 0 Å². The van der Waals surface area contributed by atoms with Gasteiger partial charge >= 0.3 is 6.18 Å². The van der Waals surface area contributed by atoms with E-state index in [0.717, 1.165) is 12.1 Å². The van der Waals surface area contributed by atoms with Crippen LogP contribution in [0.3, 0.4) is 0 Å². The molecule has 0 saturated heterocycles. The Morgan fingerprint density at radius 2 is 1.90 bits per heavy atom. The summed E-state index contributed by atoms with van der Waals surface area (Å²) in [7, 11) is -4.30. The van der Waals surface area contributed by atoms with Crippen molar-refractivity contribution >= 4 is 10.0 Å². The van der Waals surface area contributed by atoms with Crippen LogP contribution in [-0.2, 0) is 16.2 Å². The molecule has 1 N–H and O–H groups in total. The molecule has 0 aliphatic carbocycles. The number of hydrogen-bond acceptors (Lipinski definition) is 6. The fraction of sp³-hybridized carbons (Fsp3) is 0.316. The summed E-state index contributed by atoms with van der Waals surface area (Å²) < 4.78 is 72.8. The lowest BCUT2D eigenvalue weighted by molar-refractivity contribution is -0.138. The molecule has 2 heterocycles. The van der Waals surface area contributed by atoms with E-state index < -0.39 is 32.7 Å². The number of nitrogens with one attached hydrogen (secondary N) is 1. The summed E-state index contributed by atoms with van der Waals surface area (Å²) in [6, 6.07) is 5.31. The van der Waals surface area contributed by atoms with Crippen LogP contribution < -0.4 is 4.72 Å². The Hall–Kier alpha value is -2.79. The van der Waals surface area contributed by atoms with Crippen molar-refractivity contribution in [2.75, 3.05) is 0 Å². The second-order valence-electron chi connectivity index (χ2n) is 7.02. The van der Waals surface area contributed by atoms with Gasteiger partial charge in [0.25, 0.3) is 0 Å². The van der Waals surface area contributed by atoms with Gasteiger partial charge in [0.2, 0.25) is 21.7 Å². The Bertz CT molecular complexity index is 1130. The molecule has 3 rings (SSSR count). The van der Waals surface area contributed by atoms with Gasteiger partial charge in [0.05, 0.1) is 10.5 Å². The van der Waals surface area contributed by atoms with Gasteiger partial charge in [-0.1, -0.05) is 25.1 Å². The molecule has 1 atom stereocenters. The minimum absolute atomic E-state index is 0.00409. The molecule has 3 aromatic rings. The van der Waals surface area contributed by atoms with Crippen LogP contribution in [-0.4, -0.2) is 23.5 Å². The zero-order valence-corrected chi connectivity index (χ0v) is 17.1. The maximum absolute atomic E-state index is 13.2. The van der Waals surface area contributed by atoms with E-state index in [4.69, 9.17) is 4.52 Å². The van der Waals surface area contributed by atoms with E-state index in [1.54, 1.807) is 32.2 Å². The van der Waals surface area contributed by atoms with Crippen LogP contribution in [0.2, 0.25) is 0 Å². The van der Waals surface area contributed by atoms with Crippen molar-refractivity contribution in [1.82, 2.24) is 19.8 Å². The summed E-state index contributed by atoms with van der Waals surface area (Å²) in [5, 5.41) is 3.84. The highest BCUT2D eigenvalue weighted by molar-refractivity contribution is 7.89. The van der Waals surface area contributed by atoms with E-state index in [1.807, 2.05) is 0 Å². The van der Waals surface area contributed by atoms with Crippen molar-refractivity contribution in [2.45, 2.75) is 37.9 Å². The molecule has 7 nitrogen and oxygen atoms in total. The standard InChI is InChI=1S/C19H19F3N4O3S/c1-11(2)16(18-24-17(25-29-18)13-5-4-8-23-10-13)26-30(27,28)14-7-6-12(3)15(9-14)19(20,21)22/h4-11,16,26H,1-3H3. The first-order valence-corrected chi connectivity index (χ1v) is 10.4. The predicted molar refractivity (Wildman–Crippen MR) is 102 cm³/mol. The molecule has 0 fully saturated rings. The molecule has 1 unspecified atom stereocenters. The van der Waals surface area contributed by atoms with Gasteiger partial charge in [0, 0.05) is 18.0 Å². The fourth-order valence-electron chi connectivity index (χ4n) is 2.75. The molecule has 11 heteroatoms. The number of aryl methyl sites for hydroxylation is 1. The zero-order valence-electron chi connectivity index (χ0n) is 16.3. The third kappa shape index (κ3) is 4.68. The summed E-state index contributed by atoms with van der Waals surface area (Å²) in [6.07, 6.45) is -1.57. The van der Waals surface area contributed by atoms with Crippen molar-refractivity contribution in [3.63, 3.8) is 0 Å². The first-order chi connectivity index (χ1) is 14.0. The van der Waals surface area contributed by atoms with Crippen LogP contribution in [0.25, 0.3) is 11.4 Å². The molecular formula is C19H19F3N4O3S. The summed E-state index contributed by atoms with van der Waals surface area (Å²) in [5.74, 6) is -0.109. The van der Waals surface area contributed by atoms with Crippen LogP contribution >= 0.6 is 0 Å². The van der Waals surface area contributed by atoms with Crippen molar-refractivity contribution in [3.05, 3.63) is 59.7 Å². The normalized spacial score (nSPS) is 13.6. The van der Waals surface area contributed by atoms with Crippen molar-refractivity contribution < 1.29 is 26.1 Å². The average molecular weight is 440 g/mol. The lowest BCUT2D eigenvalue weighted by Crippen LogP contribution is -2.32. The van der Waals surface area contributed by atoms with E-state index in [-0.39, 0.29) is 23.2 Å². The first kappa shape index (κ1) is 21.9. The predicted octanol–water partition coefficient (Wildman–Crippen LogP) is 4.13. The van der Waals surface area contributed by atoms with E-state index in [1.165, 1.54) is 13.1 Å². The molecule has 0 spiro atoms. The molecule has 0 aliphatic heterocycles. The lowest BCUT2D eigenvalue weighted by atomic mass is 10.1. The summed E-state index contributed by atoms with van der Waals surface area (Å²) in [6.45, 7) is 4.71. The molecule has 0 aliphatic rings.